The summed E-state index contributed by atoms with van der Waals surface area (Å²) >= 11 is 0. The Morgan fingerprint density at radius 2 is 2.18 bits per heavy atom. The average Bonchev–Trinajstić information content (AvgIpc) is 2.30. The van der Waals surface area contributed by atoms with Crippen LogP contribution in [-0.2, 0) is 9.53 Å². The Balaban J connectivity index is 2.45. The first-order valence-electron chi connectivity index (χ1n) is 5.88. The van der Waals surface area contributed by atoms with Gasteiger partial charge in [-0.25, -0.2) is 8.78 Å². The number of ether oxygens (including phenoxy) is 1. The summed E-state index contributed by atoms with van der Waals surface area (Å²) in [5.41, 5.74) is 0. The summed E-state index contributed by atoms with van der Waals surface area (Å²) in [5, 5.41) is 0. The van der Waals surface area contributed by atoms with Crippen LogP contribution in [0.25, 0.3) is 0 Å². The molecule has 1 rings (SSSR count). The lowest BCUT2D eigenvalue weighted by Gasteiger charge is -2.40. The highest BCUT2D eigenvalue weighted by Crippen LogP contribution is 2.14. The Bertz CT molecular complexity index is 252. The van der Waals surface area contributed by atoms with Crippen molar-refractivity contribution in [2.75, 3.05) is 39.8 Å². The van der Waals surface area contributed by atoms with Gasteiger partial charge in [0.25, 0.3) is 6.43 Å². The number of nitrogens with zero attached hydrogens (tertiary/aromatic N) is 2. The summed E-state index contributed by atoms with van der Waals surface area (Å²) in [6.45, 7) is 3.92. The minimum absolute atomic E-state index is 0.0995. The number of esters is 1. The fraction of sp³-hybridized carbons (Fsp3) is 0.909. The van der Waals surface area contributed by atoms with Gasteiger partial charge in [-0.15, -0.1) is 0 Å². The van der Waals surface area contributed by atoms with Crippen molar-refractivity contribution in [1.29, 1.82) is 0 Å². The molecule has 1 aliphatic heterocycles. The van der Waals surface area contributed by atoms with Gasteiger partial charge in [0.2, 0.25) is 0 Å². The van der Waals surface area contributed by atoms with Crippen molar-refractivity contribution >= 4 is 5.97 Å². The van der Waals surface area contributed by atoms with Gasteiger partial charge in [-0.2, -0.15) is 0 Å². The van der Waals surface area contributed by atoms with Gasteiger partial charge in [-0.3, -0.25) is 14.6 Å². The molecule has 0 aliphatic carbocycles. The molecule has 0 amide bonds. The molecule has 0 radical (unpaired) electrons. The van der Waals surface area contributed by atoms with Gasteiger partial charge in [0, 0.05) is 25.7 Å². The molecule has 0 bridgehead atoms. The fourth-order valence-corrected chi connectivity index (χ4v) is 2.15. The van der Waals surface area contributed by atoms with Gasteiger partial charge >= 0.3 is 5.97 Å². The van der Waals surface area contributed by atoms with Crippen LogP contribution in [0.2, 0.25) is 0 Å². The second kappa shape index (κ2) is 6.86. The van der Waals surface area contributed by atoms with E-state index in [9.17, 15) is 13.6 Å². The number of alkyl halides is 2. The summed E-state index contributed by atoms with van der Waals surface area (Å²) in [6.07, 6.45) is -1.49. The molecule has 1 aliphatic rings. The Hall–Kier alpha value is -0.750. The van der Waals surface area contributed by atoms with E-state index in [1.54, 1.807) is 4.90 Å². The average molecular weight is 250 g/mol. The fourth-order valence-electron chi connectivity index (χ4n) is 2.15. The molecule has 0 aromatic rings. The van der Waals surface area contributed by atoms with Gasteiger partial charge in [0.15, 0.2) is 0 Å². The number of carbonyl (C=O) groups excluding carboxylic acids is 1. The summed E-state index contributed by atoms with van der Waals surface area (Å²) in [4.78, 5) is 14.9. The number of methoxy groups -OCH3 is 1. The molecular formula is C11H20F2N2O2. The monoisotopic (exact) mass is 250 g/mol. The minimum Gasteiger partial charge on any atom is -0.468 e. The maximum Gasteiger partial charge on any atom is 0.319 e. The quantitative estimate of drug-likeness (QED) is 0.676. The highest BCUT2D eigenvalue weighted by molar-refractivity contribution is 5.71. The van der Waals surface area contributed by atoms with Crippen LogP contribution in [0.3, 0.4) is 0 Å². The zero-order valence-electron chi connectivity index (χ0n) is 10.4. The van der Waals surface area contributed by atoms with E-state index in [-0.39, 0.29) is 25.1 Å². The number of halogens is 2. The van der Waals surface area contributed by atoms with Gasteiger partial charge < -0.3 is 4.74 Å². The van der Waals surface area contributed by atoms with Crippen LogP contribution in [0.5, 0.6) is 0 Å². The van der Waals surface area contributed by atoms with Gasteiger partial charge in [-0.1, -0.05) is 6.92 Å². The van der Waals surface area contributed by atoms with E-state index in [0.717, 1.165) is 6.42 Å². The third-order valence-corrected chi connectivity index (χ3v) is 3.11. The zero-order valence-corrected chi connectivity index (χ0v) is 10.4. The first kappa shape index (κ1) is 14.3. The van der Waals surface area contributed by atoms with E-state index in [2.05, 4.69) is 4.74 Å². The molecule has 17 heavy (non-hydrogen) atoms. The summed E-state index contributed by atoms with van der Waals surface area (Å²) in [6, 6.07) is 0.0995. The smallest absolute Gasteiger partial charge is 0.319 e. The topological polar surface area (TPSA) is 32.8 Å². The lowest BCUT2D eigenvalue weighted by Crippen LogP contribution is -2.54. The Labute approximate surface area is 101 Å². The molecule has 0 aromatic carbocycles. The molecule has 1 unspecified atom stereocenters. The van der Waals surface area contributed by atoms with E-state index >= 15 is 0 Å². The molecule has 6 heteroatoms. The van der Waals surface area contributed by atoms with Gasteiger partial charge in [-0.05, 0) is 6.42 Å². The summed E-state index contributed by atoms with van der Waals surface area (Å²) in [7, 11) is 1.35. The molecule has 4 nitrogen and oxygen atoms in total. The molecule has 1 heterocycles. The molecule has 0 saturated carbocycles. The highest BCUT2D eigenvalue weighted by atomic mass is 19.3. The molecule has 0 spiro atoms. The summed E-state index contributed by atoms with van der Waals surface area (Å²) in [5.74, 6) is -0.276. The SMILES string of the molecule is CCC1CN(CC(=O)OC)CCN1CC(F)F. The molecule has 0 N–H and O–H groups in total. The lowest BCUT2D eigenvalue weighted by atomic mass is 10.1. The minimum atomic E-state index is -2.30. The van der Waals surface area contributed by atoms with Crippen LogP contribution in [0, 0.1) is 0 Å². The van der Waals surface area contributed by atoms with Crippen LogP contribution < -0.4 is 0 Å². The van der Waals surface area contributed by atoms with Crippen molar-refractivity contribution in [1.82, 2.24) is 9.80 Å². The van der Waals surface area contributed by atoms with E-state index in [1.807, 2.05) is 11.8 Å². The van der Waals surface area contributed by atoms with E-state index in [4.69, 9.17) is 0 Å². The Morgan fingerprint density at radius 3 is 2.71 bits per heavy atom. The van der Waals surface area contributed by atoms with Crippen LogP contribution in [0.1, 0.15) is 13.3 Å². The van der Waals surface area contributed by atoms with Crippen molar-refractivity contribution in [3.63, 3.8) is 0 Å². The molecule has 1 saturated heterocycles. The number of rotatable bonds is 5. The normalized spacial score (nSPS) is 23.0. The third kappa shape index (κ3) is 4.55. The van der Waals surface area contributed by atoms with Gasteiger partial charge in [0.1, 0.15) is 0 Å². The first-order chi connectivity index (χ1) is 8.06. The Morgan fingerprint density at radius 1 is 1.47 bits per heavy atom. The molecule has 0 aromatic heterocycles. The van der Waals surface area contributed by atoms with E-state index in [0.29, 0.717) is 19.6 Å². The molecular weight excluding hydrogens is 230 g/mol. The standard InChI is InChI=1S/C11H20F2N2O2/c1-3-9-6-14(8-11(16)17-2)4-5-15(9)7-10(12)13/h9-10H,3-8H2,1-2H3. The molecule has 1 atom stereocenters. The van der Waals surface area contributed by atoms with Crippen LogP contribution in [0.4, 0.5) is 8.78 Å². The lowest BCUT2D eigenvalue weighted by molar-refractivity contribution is -0.142. The third-order valence-electron chi connectivity index (χ3n) is 3.11. The largest absolute Gasteiger partial charge is 0.468 e. The van der Waals surface area contributed by atoms with Crippen molar-refractivity contribution in [2.45, 2.75) is 25.8 Å². The second-order valence-electron chi connectivity index (χ2n) is 4.26. The number of hydrogen-bond acceptors (Lipinski definition) is 4. The second-order valence-corrected chi connectivity index (χ2v) is 4.26. The van der Waals surface area contributed by atoms with Crippen LogP contribution in [-0.4, -0.2) is 68.1 Å². The number of piperazine rings is 1. The van der Waals surface area contributed by atoms with Crippen LogP contribution in [0.15, 0.2) is 0 Å². The van der Waals surface area contributed by atoms with Gasteiger partial charge in [0.05, 0.1) is 20.2 Å². The molecule has 1 fully saturated rings. The highest BCUT2D eigenvalue weighted by Gasteiger charge is 2.28. The first-order valence-corrected chi connectivity index (χ1v) is 5.88. The van der Waals surface area contributed by atoms with Crippen molar-refractivity contribution in [2.24, 2.45) is 0 Å². The maximum absolute atomic E-state index is 12.4. The predicted octanol–water partition coefficient (Wildman–Crippen LogP) is 0.821. The zero-order chi connectivity index (χ0) is 12.8. The maximum atomic E-state index is 12.4. The summed E-state index contributed by atoms with van der Waals surface area (Å²) < 4.78 is 29.3. The van der Waals surface area contributed by atoms with E-state index < -0.39 is 6.43 Å². The number of carbonyl (C=O) groups is 1. The van der Waals surface area contributed by atoms with Crippen LogP contribution >= 0.6 is 0 Å². The van der Waals surface area contributed by atoms with Crippen molar-refractivity contribution in [3.05, 3.63) is 0 Å². The van der Waals surface area contributed by atoms with Crippen molar-refractivity contribution < 1.29 is 18.3 Å². The molecule has 100 valence electrons. The number of hydrogen-bond donors (Lipinski definition) is 0. The van der Waals surface area contributed by atoms with Crippen molar-refractivity contribution in [3.8, 4) is 0 Å². The predicted molar refractivity (Wildman–Crippen MR) is 60.1 cm³/mol. The van der Waals surface area contributed by atoms with E-state index in [1.165, 1.54) is 7.11 Å². The Kier molecular flexibility index (Phi) is 5.77.